The molecule has 0 aliphatic carbocycles. The third kappa shape index (κ3) is 7.40. The average molecular weight is 485 g/mol. The van der Waals surface area contributed by atoms with Crippen LogP contribution < -0.4 is 15.4 Å². The molecule has 2 aromatic rings. The molecule has 0 unspecified atom stereocenters. The molecule has 0 saturated heterocycles. The number of nitrogens with one attached hydrogen (secondary N) is 2. The van der Waals surface area contributed by atoms with Gasteiger partial charge in [0.25, 0.3) is 0 Å². The van der Waals surface area contributed by atoms with Crippen molar-refractivity contribution in [1.82, 2.24) is 20.4 Å². The van der Waals surface area contributed by atoms with Crippen LogP contribution in [0.1, 0.15) is 35.9 Å². The highest BCUT2D eigenvalue weighted by atomic mass is 127. The third-order valence-corrected chi connectivity index (χ3v) is 4.14. The van der Waals surface area contributed by atoms with Crippen molar-refractivity contribution in [3.63, 3.8) is 0 Å². The van der Waals surface area contributed by atoms with Gasteiger partial charge in [-0.25, -0.2) is 4.99 Å². The zero-order valence-electron chi connectivity index (χ0n) is 17.0. The van der Waals surface area contributed by atoms with Crippen LogP contribution >= 0.6 is 24.0 Å². The maximum atomic E-state index is 5.46. The van der Waals surface area contributed by atoms with E-state index >= 15 is 0 Å². The Morgan fingerprint density at radius 3 is 2.59 bits per heavy atom. The number of nitrogens with zero attached hydrogens (tertiary/aromatic N) is 3. The minimum atomic E-state index is 0. The first kappa shape index (κ1) is 23.3. The number of guanidine groups is 1. The second-order valence-corrected chi connectivity index (χ2v) is 6.44. The summed E-state index contributed by atoms with van der Waals surface area (Å²) in [5.74, 6) is 1.71. The van der Waals surface area contributed by atoms with Crippen LogP contribution in [0, 0.1) is 20.8 Å². The van der Waals surface area contributed by atoms with Gasteiger partial charge in [-0.3, -0.25) is 4.68 Å². The average Bonchev–Trinajstić information content (AvgIpc) is 2.94. The Kier molecular flexibility index (Phi) is 10.2. The molecule has 0 spiro atoms. The number of benzene rings is 1. The topological polar surface area (TPSA) is 63.5 Å². The summed E-state index contributed by atoms with van der Waals surface area (Å²) in [6.45, 7) is 11.4. The van der Waals surface area contributed by atoms with Crippen molar-refractivity contribution < 1.29 is 4.74 Å². The van der Waals surface area contributed by atoms with Gasteiger partial charge >= 0.3 is 0 Å². The van der Waals surface area contributed by atoms with Crippen molar-refractivity contribution in [3.8, 4) is 5.75 Å². The van der Waals surface area contributed by atoms with Crippen LogP contribution in [0.15, 0.2) is 29.3 Å². The maximum absolute atomic E-state index is 5.46. The van der Waals surface area contributed by atoms with Crippen molar-refractivity contribution in [2.24, 2.45) is 4.99 Å². The highest BCUT2D eigenvalue weighted by Gasteiger charge is 2.04. The third-order valence-electron chi connectivity index (χ3n) is 4.14. The predicted octanol–water partition coefficient (Wildman–Crippen LogP) is 3.58. The molecule has 27 heavy (non-hydrogen) atoms. The van der Waals surface area contributed by atoms with Crippen molar-refractivity contribution in [1.29, 1.82) is 0 Å². The summed E-state index contributed by atoms with van der Waals surface area (Å²) in [5, 5.41) is 11.2. The van der Waals surface area contributed by atoms with Gasteiger partial charge in [0, 0.05) is 30.9 Å². The predicted molar refractivity (Wildman–Crippen MR) is 122 cm³/mol. The molecule has 0 aliphatic rings. The number of aryl methyl sites for hydroxylation is 4. The highest BCUT2D eigenvalue weighted by molar-refractivity contribution is 14.0. The van der Waals surface area contributed by atoms with Gasteiger partial charge in [-0.15, -0.1) is 24.0 Å². The molecule has 1 heterocycles. The Bertz CT molecular complexity index is 742. The molecule has 1 aromatic carbocycles. The Morgan fingerprint density at radius 1 is 1.19 bits per heavy atom. The Hall–Kier alpha value is -1.77. The molecule has 7 heteroatoms. The van der Waals surface area contributed by atoms with Crippen molar-refractivity contribution in [2.45, 2.75) is 47.2 Å². The monoisotopic (exact) mass is 485 g/mol. The minimum Gasteiger partial charge on any atom is -0.496 e. The van der Waals surface area contributed by atoms with Gasteiger partial charge in [0.2, 0.25) is 0 Å². The number of aliphatic imine (C=N–C) groups is 1. The second kappa shape index (κ2) is 11.8. The molecule has 6 nitrogen and oxygen atoms in total. The maximum Gasteiger partial charge on any atom is 0.191 e. The van der Waals surface area contributed by atoms with Gasteiger partial charge in [-0.2, -0.15) is 5.10 Å². The van der Waals surface area contributed by atoms with E-state index in [0.717, 1.165) is 49.0 Å². The zero-order valence-corrected chi connectivity index (χ0v) is 19.3. The summed E-state index contributed by atoms with van der Waals surface area (Å²) < 4.78 is 7.51. The molecule has 2 rings (SSSR count). The number of hydrogen-bond acceptors (Lipinski definition) is 3. The summed E-state index contributed by atoms with van der Waals surface area (Å²) in [5.41, 5.74) is 4.54. The first-order valence-corrected chi connectivity index (χ1v) is 9.20. The molecule has 0 atom stereocenters. The zero-order chi connectivity index (χ0) is 18.9. The number of aromatic nitrogens is 2. The van der Waals surface area contributed by atoms with Crippen LogP contribution in [0.5, 0.6) is 5.75 Å². The van der Waals surface area contributed by atoms with Crippen molar-refractivity contribution >= 4 is 29.9 Å². The van der Waals surface area contributed by atoms with E-state index in [1.807, 2.05) is 13.0 Å². The largest absolute Gasteiger partial charge is 0.496 e. The molecule has 2 N–H and O–H groups in total. The van der Waals surface area contributed by atoms with E-state index in [9.17, 15) is 0 Å². The second-order valence-electron chi connectivity index (χ2n) is 6.44. The summed E-state index contributed by atoms with van der Waals surface area (Å²) in [6.07, 6.45) is 0.986. The number of methoxy groups -OCH3 is 1. The molecule has 0 radical (unpaired) electrons. The molecular weight excluding hydrogens is 453 g/mol. The lowest BCUT2D eigenvalue weighted by Gasteiger charge is -2.13. The lowest BCUT2D eigenvalue weighted by Crippen LogP contribution is -2.38. The van der Waals surface area contributed by atoms with Gasteiger partial charge in [0.1, 0.15) is 5.75 Å². The Labute approximate surface area is 179 Å². The van der Waals surface area contributed by atoms with E-state index in [2.05, 4.69) is 64.4 Å². The van der Waals surface area contributed by atoms with Gasteiger partial charge in [0.05, 0.1) is 19.3 Å². The van der Waals surface area contributed by atoms with Crippen LogP contribution in [0.4, 0.5) is 0 Å². The fourth-order valence-corrected chi connectivity index (χ4v) is 2.83. The lowest BCUT2D eigenvalue weighted by molar-refractivity contribution is 0.409. The van der Waals surface area contributed by atoms with E-state index in [-0.39, 0.29) is 24.0 Å². The molecule has 0 amide bonds. The minimum absolute atomic E-state index is 0. The summed E-state index contributed by atoms with van der Waals surface area (Å²) in [6, 6.07) is 8.31. The van der Waals surface area contributed by atoms with E-state index in [1.54, 1.807) is 7.11 Å². The molecule has 150 valence electrons. The van der Waals surface area contributed by atoms with E-state index in [4.69, 9.17) is 4.74 Å². The van der Waals surface area contributed by atoms with Gasteiger partial charge in [-0.05, 0) is 51.8 Å². The molecule has 1 aromatic heterocycles. The number of ether oxygens (including phenoxy) is 1. The van der Waals surface area contributed by atoms with Gasteiger partial charge in [0.15, 0.2) is 5.96 Å². The molecule has 0 aliphatic heterocycles. The van der Waals surface area contributed by atoms with Crippen molar-refractivity contribution in [2.75, 3.05) is 20.2 Å². The lowest BCUT2D eigenvalue weighted by atomic mass is 10.1. The Balaban J connectivity index is 0.00000364. The normalized spacial score (nSPS) is 11.1. The number of hydrogen-bond donors (Lipinski definition) is 2. The van der Waals surface area contributed by atoms with E-state index < -0.39 is 0 Å². The van der Waals surface area contributed by atoms with Gasteiger partial charge in [-0.1, -0.05) is 12.1 Å². The quantitative estimate of drug-likeness (QED) is 0.260. The fraction of sp³-hybridized carbons (Fsp3) is 0.500. The van der Waals surface area contributed by atoms with Crippen LogP contribution in [0.25, 0.3) is 0 Å². The fourth-order valence-electron chi connectivity index (χ4n) is 2.83. The molecular formula is C20H32IN5O. The number of rotatable bonds is 8. The SMILES string of the molecule is CCNC(=NCc1ccc(C)cc1OC)NCCCn1nc(C)cc1C.I. The van der Waals surface area contributed by atoms with E-state index in [1.165, 1.54) is 11.3 Å². The summed E-state index contributed by atoms with van der Waals surface area (Å²) in [4.78, 5) is 4.68. The molecule has 0 fully saturated rings. The molecule has 0 saturated carbocycles. The van der Waals surface area contributed by atoms with Crippen molar-refractivity contribution in [3.05, 3.63) is 46.8 Å². The first-order chi connectivity index (χ1) is 12.5. The first-order valence-electron chi connectivity index (χ1n) is 9.20. The smallest absolute Gasteiger partial charge is 0.191 e. The van der Waals surface area contributed by atoms with Crippen LogP contribution in [-0.2, 0) is 13.1 Å². The van der Waals surface area contributed by atoms with Gasteiger partial charge < -0.3 is 15.4 Å². The summed E-state index contributed by atoms with van der Waals surface area (Å²) >= 11 is 0. The standard InChI is InChI=1S/C20H31N5O.HI/c1-6-21-20(22-10-7-11-25-17(4)13-16(3)24-25)23-14-18-9-8-15(2)12-19(18)26-5;/h8-9,12-13H,6-7,10-11,14H2,1-5H3,(H2,21,22,23);1H. The number of halogens is 1. The van der Waals surface area contributed by atoms with Crippen LogP contribution in [-0.4, -0.2) is 35.9 Å². The Morgan fingerprint density at radius 2 is 1.96 bits per heavy atom. The highest BCUT2D eigenvalue weighted by Crippen LogP contribution is 2.20. The summed E-state index contributed by atoms with van der Waals surface area (Å²) in [7, 11) is 1.70. The van der Waals surface area contributed by atoms with Crippen LogP contribution in [0.2, 0.25) is 0 Å². The van der Waals surface area contributed by atoms with Crippen LogP contribution in [0.3, 0.4) is 0 Å². The van der Waals surface area contributed by atoms with E-state index in [0.29, 0.717) is 6.54 Å². The molecule has 0 bridgehead atoms.